The van der Waals surface area contributed by atoms with Crippen LogP contribution in [0.4, 0.5) is 8.78 Å². The first kappa shape index (κ1) is 13.0. The highest BCUT2D eigenvalue weighted by molar-refractivity contribution is 9.09. The van der Waals surface area contributed by atoms with Gasteiger partial charge in [0, 0.05) is 16.9 Å². The first-order valence-corrected chi connectivity index (χ1v) is 7.39. The Hall–Kier alpha value is -0.970. The average molecular weight is 330 g/mol. The van der Waals surface area contributed by atoms with Gasteiger partial charge in [0.25, 0.3) is 5.91 Å². The van der Waals surface area contributed by atoms with Gasteiger partial charge in [-0.1, -0.05) is 15.9 Å². The van der Waals surface area contributed by atoms with Crippen molar-refractivity contribution in [2.75, 3.05) is 0 Å². The molecule has 2 atom stereocenters. The van der Waals surface area contributed by atoms with Gasteiger partial charge in [0.1, 0.15) is 11.6 Å². The lowest BCUT2D eigenvalue weighted by molar-refractivity contribution is 0.0598. The summed E-state index contributed by atoms with van der Waals surface area (Å²) in [6, 6.07) is 3.35. The fourth-order valence-electron chi connectivity index (χ4n) is 3.24. The summed E-state index contributed by atoms with van der Waals surface area (Å²) in [5.41, 5.74) is -0.148. The Morgan fingerprint density at radius 3 is 2.47 bits per heavy atom. The summed E-state index contributed by atoms with van der Waals surface area (Å²) in [5, 5.41) is 0. The van der Waals surface area contributed by atoms with Gasteiger partial charge in [0.2, 0.25) is 0 Å². The number of hydrogen-bond donors (Lipinski definition) is 0. The van der Waals surface area contributed by atoms with Crippen molar-refractivity contribution in [1.82, 2.24) is 4.90 Å². The molecule has 0 spiro atoms. The van der Waals surface area contributed by atoms with Gasteiger partial charge in [-0.3, -0.25) is 4.79 Å². The second-order valence-corrected chi connectivity index (χ2v) is 6.59. The highest BCUT2D eigenvalue weighted by atomic mass is 79.9. The molecule has 0 aromatic heterocycles. The molecule has 102 valence electrons. The lowest BCUT2D eigenvalue weighted by atomic mass is 10.0. The zero-order valence-corrected chi connectivity index (χ0v) is 11.9. The molecule has 2 saturated heterocycles. The van der Waals surface area contributed by atoms with E-state index < -0.39 is 11.6 Å². The van der Waals surface area contributed by atoms with E-state index in [1.165, 1.54) is 0 Å². The number of carbonyl (C=O) groups is 1. The van der Waals surface area contributed by atoms with Crippen LogP contribution in [0, 0.1) is 11.6 Å². The maximum atomic E-state index is 13.7. The molecule has 2 fully saturated rings. The van der Waals surface area contributed by atoms with E-state index in [4.69, 9.17) is 0 Å². The SMILES string of the molecule is O=C(c1cc(F)ccc1F)N1C2CCC1CC(Br)C2. The number of hydrogen-bond acceptors (Lipinski definition) is 1. The standard InChI is InChI=1S/C14H14BrF2NO/c15-8-5-10-2-3-11(6-8)18(10)14(19)12-7-9(16)1-4-13(12)17/h1,4,7-8,10-11H,2-3,5-6H2. The van der Waals surface area contributed by atoms with E-state index in [1.807, 2.05) is 0 Å². The second-order valence-electron chi connectivity index (χ2n) is 5.29. The Bertz CT molecular complexity index is 508. The predicted molar refractivity (Wildman–Crippen MR) is 71.3 cm³/mol. The first-order valence-electron chi connectivity index (χ1n) is 6.48. The van der Waals surface area contributed by atoms with Gasteiger partial charge in [-0.15, -0.1) is 0 Å². The number of fused-ring (bicyclic) bond motifs is 2. The molecule has 2 unspecified atom stereocenters. The van der Waals surface area contributed by atoms with Crippen molar-refractivity contribution in [1.29, 1.82) is 0 Å². The second kappa shape index (κ2) is 4.85. The topological polar surface area (TPSA) is 20.3 Å². The molecule has 0 N–H and O–H groups in total. The van der Waals surface area contributed by atoms with Gasteiger partial charge in [0.15, 0.2) is 0 Å². The number of nitrogens with zero attached hydrogens (tertiary/aromatic N) is 1. The van der Waals surface area contributed by atoms with E-state index in [1.54, 1.807) is 4.90 Å². The zero-order valence-electron chi connectivity index (χ0n) is 10.3. The predicted octanol–water partition coefficient (Wildman–Crippen LogP) is 3.50. The van der Waals surface area contributed by atoms with E-state index >= 15 is 0 Å². The number of amides is 1. The summed E-state index contributed by atoms with van der Waals surface area (Å²) in [6.07, 6.45) is 3.68. The van der Waals surface area contributed by atoms with Crippen molar-refractivity contribution in [2.24, 2.45) is 0 Å². The van der Waals surface area contributed by atoms with Gasteiger partial charge >= 0.3 is 0 Å². The molecule has 1 aromatic rings. The molecule has 2 aliphatic heterocycles. The normalized spacial score (nSPS) is 29.6. The molecule has 1 amide bonds. The number of benzene rings is 1. The number of piperidine rings is 1. The summed E-state index contributed by atoms with van der Waals surface area (Å²) in [6.45, 7) is 0. The summed E-state index contributed by atoms with van der Waals surface area (Å²) < 4.78 is 26.9. The van der Waals surface area contributed by atoms with Gasteiger partial charge < -0.3 is 4.90 Å². The van der Waals surface area contributed by atoms with E-state index in [0.29, 0.717) is 4.83 Å². The van der Waals surface area contributed by atoms with Crippen molar-refractivity contribution < 1.29 is 13.6 Å². The van der Waals surface area contributed by atoms with Crippen LogP contribution >= 0.6 is 15.9 Å². The van der Waals surface area contributed by atoms with Crippen molar-refractivity contribution >= 4 is 21.8 Å². The zero-order chi connectivity index (χ0) is 13.6. The molecule has 1 aromatic carbocycles. The molecule has 3 rings (SSSR count). The van der Waals surface area contributed by atoms with Crippen LogP contribution in [0.3, 0.4) is 0 Å². The Morgan fingerprint density at radius 2 is 1.84 bits per heavy atom. The van der Waals surface area contributed by atoms with Crippen LogP contribution < -0.4 is 0 Å². The van der Waals surface area contributed by atoms with Crippen LogP contribution in [0.25, 0.3) is 0 Å². The number of carbonyl (C=O) groups excluding carboxylic acids is 1. The summed E-state index contributed by atoms with van der Waals surface area (Å²) in [5.74, 6) is -1.59. The Kier molecular flexibility index (Phi) is 3.33. The fraction of sp³-hybridized carbons (Fsp3) is 0.500. The lowest BCUT2D eigenvalue weighted by Gasteiger charge is -2.37. The molecule has 2 nitrogen and oxygen atoms in total. The van der Waals surface area contributed by atoms with Gasteiger partial charge in [-0.2, -0.15) is 0 Å². The van der Waals surface area contributed by atoms with Crippen LogP contribution in [-0.2, 0) is 0 Å². The molecule has 0 radical (unpaired) electrons. The van der Waals surface area contributed by atoms with E-state index in [0.717, 1.165) is 43.9 Å². The summed E-state index contributed by atoms with van der Waals surface area (Å²) >= 11 is 3.60. The molecular weight excluding hydrogens is 316 g/mol. The van der Waals surface area contributed by atoms with Crippen LogP contribution in [0.1, 0.15) is 36.0 Å². The third-order valence-corrected chi connectivity index (χ3v) is 4.82. The van der Waals surface area contributed by atoms with Crippen molar-refractivity contribution in [3.63, 3.8) is 0 Å². The van der Waals surface area contributed by atoms with E-state index in [2.05, 4.69) is 15.9 Å². The maximum absolute atomic E-state index is 13.7. The number of halogens is 3. The highest BCUT2D eigenvalue weighted by Gasteiger charge is 2.43. The third-order valence-electron chi connectivity index (χ3n) is 4.07. The average Bonchev–Trinajstić information content (AvgIpc) is 2.64. The highest BCUT2D eigenvalue weighted by Crippen LogP contribution is 2.39. The molecule has 5 heteroatoms. The van der Waals surface area contributed by atoms with Crippen molar-refractivity contribution in [2.45, 2.75) is 42.6 Å². The number of rotatable bonds is 1. The molecule has 2 aliphatic rings. The van der Waals surface area contributed by atoms with Crippen molar-refractivity contribution in [3.8, 4) is 0 Å². The minimum Gasteiger partial charge on any atom is -0.333 e. The van der Waals surface area contributed by atoms with Gasteiger partial charge in [0.05, 0.1) is 5.56 Å². The Balaban J connectivity index is 1.90. The van der Waals surface area contributed by atoms with Crippen LogP contribution in [0.15, 0.2) is 18.2 Å². The van der Waals surface area contributed by atoms with Crippen LogP contribution in [0.2, 0.25) is 0 Å². The molecular formula is C14H14BrF2NO. The molecule has 2 heterocycles. The number of alkyl halides is 1. The minimum absolute atomic E-state index is 0.148. The quantitative estimate of drug-likeness (QED) is 0.722. The maximum Gasteiger partial charge on any atom is 0.257 e. The monoisotopic (exact) mass is 329 g/mol. The molecule has 2 bridgehead atoms. The van der Waals surface area contributed by atoms with E-state index in [-0.39, 0.29) is 23.6 Å². The Morgan fingerprint density at radius 1 is 1.21 bits per heavy atom. The van der Waals surface area contributed by atoms with Gasteiger partial charge in [-0.25, -0.2) is 8.78 Å². The summed E-state index contributed by atoms with van der Waals surface area (Å²) in [4.78, 5) is 14.6. The first-order chi connectivity index (χ1) is 9.06. The van der Waals surface area contributed by atoms with E-state index in [9.17, 15) is 13.6 Å². The largest absolute Gasteiger partial charge is 0.333 e. The van der Waals surface area contributed by atoms with Crippen LogP contribution in [0.5, 0.6) is 0 Å². The van der Waals surface area contributed by atoms with Crippen molar-refractivity contribution in [3.05, 3.63) is 35.4 Å². The molecule has 0 saturated carbocycles. The van der Waals surface area contributed by atoms with Gasteiger partial charge in [-0.05, 0) is 43.9 Å². The minimum atomic E-state index is -0.647. The fourth-order valence-corrected chi connectivity index (χ4v) is 4.11. The molecule has 0 aliphatic carbocycles. The third kappa shape index (κ3) is 2.29. The summed E-state index contributed by atoms with van der Waals surface area (Å²) in [7, 11) is 0. The Labute approximate surface area is 118 Å². The lowest BCUT2D eigenvalue weighted by Crippen LogP contribution is -2.47. The van der Waals surface area contributed by atoms with Crippen LogP contribution in [-0.4, -0.2) is 27.7 Å². The smallest absolute Gasteiger partial charge is 0.257 e. The molecule has 19 heavy (non-hydrogen) atoms.